The van der Waals surface area contributed by atoms with Crippen molar-refractivity contribution in [2.75, 3.05) is 13.2 Å². The van der Waals surface area contributed by atoms with Crippen molar-refractivity contribution in [3.8, 4) is 0 Å². The van der Waals surface area contributed by atoms with Gasteiger partial charge in [-0.2, -0.15) is 0 Å². The molecule has 412 valence electrons. The molecule has 0 bridgehead atoms. The van der Waals surface area contributed by atoms with Crippen LogP contribution >= 0.6 is 0 Å². The highest BCUT2D eigenvalue weighted by molar-refractivity contribution is 5.76. The molecule has 0 saturated heterocycles. The van der Waals surface area contributed by atoms with Gasteiger partial charge in [0.05, 0.1) is 25.4 Å². The number of carbonyl (C=O) groups is 2. The lowest BCUT2D eigenvalue weighted by atomic mass is 10.0. The van der Waals surface area contributed by atoms with Gasteiger partial charge in [0.25, 0.3) is 0 Å². The number of unbranched alkanes of at least 4 members (excludes halogenated alkanes) is 44. The Balaban J connectivity index is 3.51. The molecule has 0 aliphatic heterocycles. The Morgan fingerprint density at radius 2 is 0.700 bits per heavy atom. The number of ether oxygens (including phenoxy) is 1. The number of amides is 1. The number of carbonyl (C=O) groups excluding carboxylic acids is 2. The largest absolute Gasteiger partial charge is 0.466 e. The molecule has 0 aliphatic carbocycles. The van der Waals surface area contributed by atoms with E-state index < -0.39 is 12.1 Å². The summed E-state index contributed by atoms with van der Waals surface area (Å²) in [7, 11) is 0. The average Bonchev–Trinajstić information content (AvgIpc) is 3.36. The van der Waals surface area contributed by atoms with Gasteiger partial charge < -0.3 is 20.3 Å². The highest BCUT2D eigenvalue weighted by Crippen LogP contribution is 2.17. The lowest BCUT2D eigenvalue weighted by Gasteiger charge is -2.20. The molecule has 0 heterocycles. The van der Waals surface area contributed by atoms with E-state index in [4.69, 9.17) is 4.74 Å². The van der Waals surface area contributed by atoms with Gasteiger partial charge in [-0.25, -0.2) is 0 Å². The minimum atomic E-state index is -0.853. The molecule has 0 saturated carbocycles. The number of allylic oxidation sites excluding steroid dienone is 5. The van der Waals surface area contributed by atoms with Gasteiger partial charge in [-0.1, -0.05) is 294 Å². The van der Waals surface area contributed by atoms with Gasteiger partial charge in [0, 0.05) is 12.8 Å². The fourth-order valence-electron chi connectivity index (χ4n) is 9.63. The molecule has 6 nitrogen and oxygen atoms in total. The molecule has 0 aromatic carbocycles. The summed E-state index contributed by atoms with van der Waals surface area (Å²) in [5, 5.41) is 23.2. The fraction of sp³-hybridized carbons (Fsp3) is 0.875. The Hall–Kier alpha value is -1.92. The van der Waals surface area contributed by atoms with Crippen LogP contribution in [0.2, 0.25) is 0 Å². The Morgan fingerprint density at radius 1 is 0.400 bits per heavy atom. The summed E-state index contributed by atoms with van der Waals surface area (Å²) in [4.78, 5) is 24.5. The third-order valence-electron chi connectivity index (χ3n) is 14.4. The molecule has 3 N–H and O–H groups in total. The van der Waals surface area contributed by atoms with Gasteiger partial charge in [-0.15, -0.1) is 0 Å². The van der Waals surface area contributed by atoms with Crippen LogP contribution in [0.4, 0.5) is 0 Å². The number of nitrogens with one attached hydrogen (secondary N) is 1. The number of hydrogen-bond acceptors (Lipinski definition) is 5. The molecule has 0 radical (unpaired) electrons. The number of esters is 1. The van der Waals surface area contributed by atoms with Crippen LogP contribution in [0, 0.1) is 0 Å². The van der Waals surface area contributed by atoms with Crippen LogP contribution in [-0.2, 0) is 14.3 Å². The summed E-state index contributed by atoms with van der Waals surface area (Å²) in [5.41, 5.74) is 0. The SMILES string of the molecule is CCCCCCCCCCCCCCCCCCCCCCC/C=C/C(O)C(CO)NC(=O)CCCCCCCCCCCC/C=C\C=C/CCCCCOC(=O)CCCCCCCCCCCCC. The van der Waals surface area contributed by atoms with E-state index in [9.17, 15) is 19.8 Å². The monoisotopic (exact) mass is 984 g/mol. The Bertz CT molecular complexity index is 1130. The van der Waals surface area contributed by atoms with Crippen molar-refractivity contribution >= 4 is 11.9 Å². The zero-order valence-corrected chi connectivity index (χ0v) is 47.0. The highest BCUT2D eigenvalue weighted by Gasteiger charge is 2.18. The van der Waals surface area contributed by atoms with E-state index in [-0.39, 0.29) is 18.5 Å². The maximum Gasteiger partial charge on any atom is 0.305 e. The molecular weight excluding hydrogens is 863 g/mol. The van der Waals surface area contributed by atoms with E-state index in [0.717, 1.165) is 77.0 Å². The number of rotatable bonds is 58. The Morgan fingerprint density at radius 3 is 1.06 bits per heavy atom. The first-order valence-corrected chi connectivity index (χ1v) is 31.3. The van der Waals surface area contributed by atoms with Gasteiger partial charge >= 0.3 is 5.97 Å². The standard InChI is InChI=1S/C64H121NO5/c1-3-5-7-9-11-13-15-16-17-18-19-20-21-22-24-27-30-33-37-40-44-48-52-56-62(67)61(60-66)65-63(68)57-53-49-45-41-38-34-31-28-25-23-26-29-32-35-39-43-47-51-55-59-70-64(69)58-54-50-46-42-36-14-12-10-8-6-4-2/h29,32,35,39,52,56,61-62,66-67H,3-28,30-31,33-34,36-38,40-51,53-55,57-60H2,1-2H3,(H,65,68)/b32-29-,39-35-,56-52+. The van der Waals surface area contributed by atoms with Gasteiger partial charge in [0.2, 0.25) is 5.91 Å². The smallest absolute Gasteiger partial charge is 0.305 e. The molecule has 6 heteroatoms. The molecule has 70 heavy (non-hydrogen) atoms. The topological polar surface area (TPSA) is 95.9 Å². The Kier molecular flexibility index (Phi) is 58.0. The molecule has 0 aromatic heterocycles. The van der Waals surface area contributed by atoms with E-state index in [1.165, 1.54) is 231 Å². The van der Waals surface area contributed by atoms with E-state index >= 15 is 0 Å². The molecule has 1 amide bonds. The zero-order chi connectivity index (χ0) is 50.7. The fourth-order valence-corrected chi connectivity index (χ4v) is 9.63. The first-order chi connectivity index (χ1) is 34.5. The van der Waals surface area contributed by atoms with Crippen LogP contribution in [0.15, 0.2) is 36.5 Å². The molecule has 2 unspecified atom stereocenters. The molecule has 0 aromatic rings. The second kappa shape index (κ2) is 59.6. The van der Waals surface area contributed by atoms with Gasteiger partial charge in [0.15, 0.2) is 0 Å². The third-order valence-corrected chi connectivity index (χ3v) is 14.4. The summed E-state index contributed by atoms with van der Waals surface area (Å²) in [6.07, 6.45) is 74.7. The lowest BCUT2D eigenvalue weighted by Crippen LogP contribution is -2.45. The van der Waals surface area contributed by atoms with Crippen molar-refractivity contribution in [3.63, 3.8) is 0 Å². The number of aliphatic hydroxyl groups excluding tert-OH is 2. The molecule has 0 aliphatic rings. The second-order valence-electron chi connectivity index (χ2n) is 21.4. The summed E-state index contributed by atoms with van der Waals surface area (Å²) in [6, 6.07) is -0.637. The minimum Gasteiger partial charge on any atom is -0.466 e. The van der Waals surface area contributed by atoms with Crippen LogP contribution < -0.4 is 5.32 Å². The average molecular weight is 985 g/mol. The van der Waals surface area contributed by atoms with Crippen molar-refractivity contribution < 1.29 is 24.5 Å². The van der Waals surface area contributed by atoms with Crippen LogP contribution in [0.3, 0.4) is 0 Å². The van der Waals surface area contributed by atoms with Crippen LogP contribution in [0.5, 0.6) is 0 Å². The number of aliphatic hydroxyl groups is 2. The van der Waals surface area contributed by atoms with Crippen LogP contribution in [0.25, 0.3) is 0 Å². The van der Waals surface area contributed by atoms with Crippen molar-refractivity contribution in [2.45, 2.75) is 347 Å². The highest BCUT2D eigenvalue weighted by atomic mass is 16.5. The van der Waals surface area contributed by atoms with Gasteiger partial charge in [0.1, 0.15) is 0 Å². The van der Waals surface area contributed by atoms with E-state index in [1.807, 2.05) is 6.08 Å². The lowest BCUT2D eigenvalue weighted by molar-refractivity contribution is -0.143. The van der Waals surface area contributed by atoms with Crippen LogP contribution in [-0.4, -0.2) is 47.4 Å². The summed E-state index contributed by atoms with van der Waals surface area (Å²) in [6.45, 7) is 4.88. The minimum absolute atomic E-state index is 0.0142. The van der Waals surface area contributed by atoms with Gasteiger partial charge in [-0.3, -0.25) is 9.59 Å². The van der Waals surface area contributed by atoms with E-state index in [1.54, 1.807) is 6.08 Å². The quantitative estimate of drug-likeness (QED) is 0.0244. The molecule has 0 rings (SSSR count). The summed E-state index contributed by atoms with van der Waals surface area (Å²) >= 11 is 0. The van der Waals surface area contributed by atoms with Gasteiger partial charge in [-0.05, 0) is 64.2 Å². The van der Waals surface area contributed by atoms with Crippen molar-refractivity contribution in [1.82, 2.24) is 5.32 Å². The first kappa shape index (κ1) is 68.1. The predicted octanol–water partition coefficient (Wildman–Crippen LogP) is 19.6. The molecule has 0 fully saturated rings. The zero-order valence-electron chi connectivity index (χ0n) is 47.0. The maximum atomic E-state index is 12.5. The van der Waals surface area contributed by atoms with Crippen molar-refractivity contribution in [1.29, 1.82) is 0 Å². The second-order valence-corrected chi connectivity index (χ2v) is 21.4. The summed E-state index contributed by atoms with van der Waals surface area (Å²) in [5.74, 6) is -0.0892. The predicted molar refractivity (Wildman–Crippen MR) is 306 cm³/mol. The summed E-state index contributed by atoms with van der Waals surface area (Å²) < 4.78 is 5.44. The Labute approximate surface area is 436 Å². The molecule has 0 spiro atoms. The molecule has 2 atom stereocenters. The van der Waals surface area contributed by atoms with E-state index in [0.29, 0.717) is 19.4 Å². The normalized spacial score (nSPS) is 12.8. The van der Waals surface area contributed by atoms with E-state index in [2.05, 4.69) is 43.5 Å². The molecular formula is C64H121NO5. The third kappa shape index (κ3) is 55.4. The first-order valence-electron chi connectivity index (χ1n) is 31.3. The van der Waals surface area contributed by atoms with Crippen molar-refractivity contribution in [3.05, 3.63) is 36.5 Å². The number of hydrogen-bond donors (Lipinski definition) is 3. The van der Waals surface area contributed by atoms with Crippen molar-refractivity contribution in [2.24, 2.45) is 0 Å². The van der Waals surface area contributed by atoms with Crippen LogP contribution in [0.1, 0.15) is 335 Å². The maximum absolute atomic E-state index is 12.5.